The van der Waals surface area contributed by atoms with Gasteiger partial charge in [-0.05, 0) is 88.7 Å². The number of carbonyl (C=O) groups is 1. The van der Waals surface area contributed by atoms with Crippen LogP contribution in [0.25, 0.3) is 22.3 Å². The normalized spacial score (nSPS) is 14.1. The number of amides is 1. The Labute approximate surface area is 284 Å². The smallest absolute Gasteiger partial charge is 0.349 e. The van der Waals surface area contributed by atoms with E-state index in [-0.39, 0.29) is 29.9 Å². The van der Waals surface area contributed by atoms with Gasteiger partial charge in [0.15, 0.2) is 0 Å². The first kappa shape index (κ1) is 34.1. The molecule has 0 aliphatic heterocycles. The molecule has 1 fully saturated rings. The van der Waals surface area contributed by atoms with E-state index in [1.165, 1.54) is 35.0 Å². The van der Waals surface area contributed by atoms with Crippen molar-refractivity contribution < 1.29 is 26.4 Å². The van der Waals surface area contributed by atoms with E-state index in [2.05, 4.69) is 10.3 Å². The first-order valence-electron chi connectivity index (χ1n) is 16.2. The second kappa shape index (κ2) is 14.8. The molecule has 1 saturated carbocycles. The molecule has 1 amide bonds. The third kappa shape index (κ3) is 8.44. The molecule has 1 heterocycles. The average Bonchev–Trinajstić information content (AvgIpc) is 3.12. The van der Waals surface area contributed by atoms with Crippen molar-refractivity contribution in [3.63, 3.8) is 0 Å². The Hall–Kier alpha value is -4.80. The number of pyridine rings is 1. The fraction of sp³-hybridized carbons (Fsp3) is 0.231. The summed E-state index contributed by atoms with van der Waals surface area (Å²) in [6.45, 7) is 0.182. The summed E-state index contributed by atoms with van der Waals surface area (Å²) in [6.07, 6.45) is 4.37. The summed E-state index contributed by atoms with van der Waals surface area (Å²) >= 11 is 0. The lowest BCUT2D eigenvalue weighted by atomic mass is 9.95. The van der Waals surface area contributed by atoms with Gasteiger partial charge in [0, 0.05) is 37.1 Å². The van der Waals surface area contributed by atoms with E-state index in [4.69, 9.17) is 0 Å². The lowest BCUT2D eigenvalue weighted by molar-refractivity contribution is -0.137. The van der Waals surface area contributed by atoms with Crippen LogP contribution in [0.5, 0.6) is 0 Å². The monoisotopic (exact) mass is 683 g/mol. The van der Waals surface area contributed by atoms with Crippen LogP contribution in [0.15, 0.2) is 126 Å². The van der Waals surface area contributed by atoms with E-state index >= 15 is 0 Å². The van der Waals surface area contributed by atoms with Gasteiger partial charge >= 0.3 is 6.18 Å². The fourth-order valence-corrected chi connectivity index (χ4v) is 7.49. The van der Waals surface area contributed by atoms with Crippen molar-refractivity contribution >= 4 is 15.9 Å². The van der Waals surface area contributed by atoms with Gasteiger partial charge in [-0.3, -0.25) is 9.78 Å². The quantitative estimate of drug-likeness (QED) is 0.160. The van der Waals surface area contributed by atoms with Gasteiger partial charge in [0.05, 0.1) is 10.5 Å². The minimum Gasteiger partial charge on any atom is -0.349 e. The zero-order chi connectivity index (χ0) is 34.4. The molecule has 252 valence electrons. The molecule has 1 aliphatic carbocycles. The number of sulfonamides is 1. The molecule has 4 aromatic carbocycles. The molecule has 0 atom stereocenters. The van der Waals surface area contributed by atoms with Crippen LogP contribution in [0, 0.1) is 0 Å². The van der Waals surface area contributed by atoms with E-state index in [1.807, 2.05) is 54.6 Å². The Balaban J connectivity index is 1.18. The van der Waals surface area contributed by atoms with Crippen molar-refractivity contribution in [2.24, 2.45) is 0 Å². The number of rotatable bonds is 10. The summed E-state index contributed by atoms with van der Waals surface area (Å²) < 4.78 is 68.4. The van der Waals surface area contributed by atoms with Crippen LogP contribution in [0.2, 0.25) is 0 Å². The van der Waals surface area contributed by atoms with E-state index in [0.717, 1.165) is 60.1 Å². The molecule has 1 aromatic heterocycles. The summed E-state index contributed by atoms with van der Waals surface area (Å²) in [6, 6.07) is 29.8. The van der Waals surface area contributed by atoms with Crippen LogP contribution in [0.4, 0.5) is 13.2 Å². The van der Waals surface area contributed by atoms with Crippen molar-refractivity contribution in [3.05, 3.63) is 144 Å². The Bertz CT molecular complexity index is 1960. The van der Waals surface area contributed by atoms with Gasteiger partial charge in [-0.2, -0.15) is 17.5 Å². The van der Waals surface area contributed by atoms with E-state index in [9.17, 15) is 26.4 Å². The highest BCUT2D eigenvalue weighted by Crippen LogP contribution is 2.32. The highest BCUT2D eigenvalue weighted by molar-refractivity contribution is 7.89. The average molecular weight is 684 g/mol. The third-order valence-corrected chi connectivity index (χ3v) is 10.7. The van der Waals surface area contributed by atoms with Crippen molar-refractivity contribution in [3.8, 4) is 22.3 Å². The van der Waals surface area contributed by atoms with Gasteiger partial charge in [0.1, 0.15) is 0 Å². The number of nitrogens with zero attached hydrogens (tertiary/aromatic N) is 2. The molecule has 0 saturated heterocycles. The number of carbonyl (C=O) groups excluding carboxylic acids is 1. The van der Waals surface area contributed by atoms with E-state index in [0.29, 0.717) is 16.7 Å². The summed E-state index contributed by atoms with van der Waals surface area (Å²) in [7, 11) is -3.99. The number of aromatic nitrogens is 1. The van der Waals surface area contributed by atoms with Crippen LogP contribution >= 0.6 is 0 Å². The number of alkyl halides is 3. The van der Waals surface area contributed by atoms with Crippen molar-refractivity contribution in [1.82, 2.24) is 14.6 Å². The second-order valence-electron chi connectivity index (χ2n) is 12.3. The number of hydrogen-bond donors (Lipinski definition) is 1. The maximum Gasteiger partial charge on any atom is 0.416 e. The van der Waals surface area contributed by atoms with Crippen LogP contribution in [-0.4, -0.2) is 29.7 Å². The van der Waals surface area contributed by atoms with Crippen LogP contribution < -0.4 is 5.32 Å². The highest BCUT2D eigenvalue weighted by Gasteiger charge is 2.30. The zero-order valence-electron chi connectivity index (χ0n) is 26.7. The molecule has 6 rings (SSSR count). The molecule has 1 aliphatic rings. The zero-order valence-corrected chi connectivity index (χ0v) is 27.6. The van der Waals surface area contributed by atoms with Crippen LogP contribution in [0.3, 0.4) is 0 Å². The van der Waals surface area contributed by atoms with Crippen molar-refractivity contribution in [2.45, 2.75) is 62.3 Å². The molecule has 0 unspecified atom stereocenters. The van der Waals surface area contributed by atoms with Gasteiger partial charge in [0.2, 0.25) is 10.0 Å². The van der Waals surface area contributed by atoms with E-state index < -0.39 is 21.8 Å². The molecular formula is C39H36F3N3O3S. The largest absolute Gasteiger partial charge is 0.416 e. The molecule has 49 heavy (non-hydrogen) atoms. The predicted octanol–water partition coefficient (Wildman–Crippen LogP) is 8.89. The third-order valence-electron chi connectivity index (χ3n) is 8.85. The van der Waals surface area contributed by atoms with Gasteiger partial charge < -0.3 is 5.32 Å². The Morgan fingerprint density at radius 1 is 0.714 bits per heavy atom. The molecular weight excluding hydrogens is 648 g/mol. The highest BCUT2D eigenvalue weighted by atomic mass is 32.2. The van der Waals surface area contributed by atoms with Crippen LogP contribution in [0.1, 0.15) is 59.2 Å². The lowest BCUT2D eigenvalue weighted by Gasteiger charge is -2.23. The Morgan fingerprint density at radius 2 is 1.24 bits per heavy atom. The van der Waals surface area contributed by atoms with Crippen molar-refractivity contribution in [2.75, 3.05) is 0 Å². The van der Waals surface area contributed by atoms with Crippen molar-refractivity contribution in [1.29, 1.82) is 0 Å². The molecule has 5 aromatic rings. The minimum atomic E-state index is -4.44. The second-order valence-corrected chi connectivity index (χ2v) is 14.3. The molecule has 0 radical (unpaired) electrons. The molecule has 10 heteroatoms. The summed E-state index contributed by atoms with van der Waals surface area (Å²) in [4.78, 5) is 16.9. The summed E-state index contributed by atoms with van der Waals surface area (Å²) in [5, 5.41) is 3.15. The topological polar surface area (TPSA) is 79.4 Å². The summed E-state index contributed by atoms with van der Waals surface area (Å²) in [5.41, 5.74) is 4.38. The predicted molar refractivity (Wildman–Crippen MR) is 184 cm³/mol. The van der Waals surface area contributed by atoms with Crippen LogP contribution in [-0.2, 0) is 29.3 Å². The standard InChI is InChI=1S/C39H36F3N3O3S/c40-39(41,42)35-20-16-32(17-21-35)33-18-22-37(23-19-33)49(47,48)45(27-29-5-4-24-43-25-29)26-28-8-10-30(11-9-28)31-12-14-34(15-13-31)38(46)44-36-6-2-1-3-7-36/h4-5,8-25,36H,1-3,6-7,26-27H2,(H,44,46). The number of halogens is 3. The van der Waals surface area contributed by atoms with Gasteiger partial charge in [-0.25, -0.2) is 8.42 Å². The number of hydrogen-bond acceptors (Lipinski definition) is 4. The Kier molecular flexibility index (Phi) is 10.3. The molecule has 6 nitrogen and oxygen atoms in total. The SMILES string of the molecule is O=C(NC1CCCCC1)c1ccc(-c2ccc(CN(Cc3cccnc3)S(=O)(=O)c3ccc(-c4ccc(C(F)(F)F)cc4)cc3)cc2)cc1. The number of benzene rings is 4. The van der Waals surface area contributed by atoms with Gasteiger partial charge in [-0.15, -0.1) is 0 Å². The molecule has 1 N–H and O–H groups in total. The summed E-state index contributed by atoms with van der Waals surface area (Å²) in [5.74, 6) is -0.0575. The Morgan fingerprint density at radius 3 is 1.80 bits per heavy atom. The maximum absolute atomic E-state index is 14.0. The fourth-order valence-electron chi connectivity index (χ4n) is 6.08. The first-order valence-corrected chi connectivity index (χ1v) is 17.7. The number of nitrogens with one attached hydrogen (secondary N) is 1. The van der Waals surface area contributed by atoms with Gasteiger partial charge in [-0.1, -0.05) is 86.0 Å². The van der Waals surface area contributed by atoms with Gasteiger partial charge in [0.25, 0.3) is 5.91 Å². The lowest BCUT2D eigenvalue weighted by Crippen LogP contribution is -2.36. The minimum absolute atomic E-state index is 0.0575. The molecule has 0 spiro atoms. The maximum atomic E-state index is 14.0. The first-order chi connectivity index (χ1) is 23.6. The van der Waals surface area contributed by atoms with E-state index in [1.54, 1.807) is 30.6 Å². The molecule has 0 bridgehead atoms.